The average Bonchev–Trinajstić information content (AvgIpc) is 3.06. The smallest absolute Gasteiger partial charge is 0.323 e. The van der Waals surface area contributed by atoms with Gasteiger partial charge in [-0.25, -0.2) is 4.98 Å². The third-order valence-corrected chi connectivity index (χ3v) is 4.08. The van der Waals surface area contributed by atoms with Crippen LogP contribution in [0.2, 0.25) is 0 Å². The van der Waals surface area contributed by atoms with E-state index in [2.05, 4.69) is 10.3 Å². The SMILES string of the molecule is COC(=O)C(NC(C)c1ncc(C)s1)C1CC1. The Morgan fingerprint density at radius 2 is 2.35 bits per heavy atom. The van der Waals surface area contributed by atoms with Crippen LogP contribution >= 0.6 is 11.3 Å². The lowest BCUT2D eigenvalue weighted by atomic mass is 10.1. The van der Waals surface area contributed by atoms with Crippen molar-refractivity contribution in [1.82, 2.24) is 10.3 Å². The minimum atomic E-state index is -0.181. The Bertz CT molecular complexity index is 401. The Morgan fingerprint density at radius 1 is 1.65 bits per heavy atom. The third-order valence-electron chi connectivity index (χ3n) is 2.99. The van der Waals surface area contributed by atoms with Gasteiger partial charge >= 0.3 is 5.97 Å². The molecule has 1 saturated carbocycles. The number of nitrogens with zero attached hydrogens (tertiary/aromatic N) is 1. The van der Waals surface area contributed by atoms with Crippen LogP contribution in [0.5, 0.6) is 0 Å². The van der Waals surface area contributed by atoms with E-state index in [4.69, 9.17) is 4.74 Å². The van der Waals surface area contributed by atoms with E-state index in [1.165, 1.54) is 12.0 Å². The van der Waals surface area contributed by atoms with Gasteiger partial charge in [-0.3, -0.25) is 10.1 Å². The highest BCUT2D eigenvalue weighted by Gasteiger charge is 2.37. The number of aromatic nitrogens is 1. The lowest BCUT2D eigenvalue weighted by Gasteiger charge is -2.19. The van der Waals surface area contributed by atoms with Crippen LogP contribution in [0, 0.1) is 12.8 Å². The van der Waals surface area contributed by atoms with Crippen molar-refractivity contribution >= 4 is 17.3 Å². The second-order valence-corrected chi connectivity index (χ2v) is 5.80. The number of rotatable bonds is 5. The van der Waals surface area contributed by atoms with E-state index < -0.39 is 0 Å². The molecule has 1 aromatic rings. The van der Waals surface area contributed by atoms with Crippen LogP contribution < -0.4 is 5.32 Å². The quantitative estimate of drug-likeness (QED) is 0.817. The summed E-state index contributed by atoms with van der Waals surface area (Å²) in [5.41, 5.74) is 0. The molecule has 4 nitrogen and oxygen atoms in total. The summed E-state index contributed by atoms with van der Waals surface area (Å²) in [6.07, 6.45) is 4.08. The first kappa shape index (κ1) is 12.5. The van der Waals surface area contributed by atoms with Crippen LogP contribution in [0.4, 0.5) is 0 Å². The number of aryl methyl sites for hydroxylation is 1. The molecule has 1 fully saturated rings. The second kappa shape index (κ2) is 5.14. The van der Waals surface area contributed by atoms with E-state index in [0.717, 1.165) is 17.8 Å². The lowest BCUT2D eigenvalue weighted by molar-refractivity contribution is -0.144. The number of methoxy groups -OCH3 is 1. The van der Waals surface area contributed by atoms with Crippen molar-refractivity contribution in [1.29, 1.82) is 0 Å². The Balaban J connectivity index is 2.00. The molecule has 0 aliphatic heterocycles. The molecule has 1 heterocycles. The summed E-state index contributed by atoms with van der Waals surface area (Å²) in [4.78, 5) is 17.2. The van der Waals surface area contributed by atoms with Crippen molar-refractivity contribution in [3.63, 3.8) is 0 Å². The lowest BCUT2D eigenvalue weighted by Crippen LogP contribution is -2.40. The van der Waals surface area contributed by atoms with E-state index in [1.54, 1.807) is 11.3 Å². The van der Waals surface area contributed by atoms with Crippen molar-refractivity contribution < 1.29 is 9.53 Å². The van der Waals surface area contributed by atoms with Gasteiger partial charge in [0.05, 0.1) is 13.2 Å². The number of hydrogen-bond donors (Lipinski definition) is 1. The molecule has 0 saturated heterocycles. The maximum atomic E-state index is 11.7. The number of ether oxygens (including phenoxy) is 1. The van der Waals surface area contributed by atoms with Gasteiger partial charge in [-0.05, 0) is 32.6 Å². The van der Waals surface area contributed by atoms with Crippen molar-refractivity contribution in [3.05, 3.63) is 16.1 Å². The third kappa shape index (κ3) is 3.04. The Labute approximate surface area is 105 Å². The fourth-order valence-corrected chi connectivity index (χ4v) is 2.65. The van der Waals surface area contributed by atoms with Gasteiger partial charge in [-0.15, -0.1) is 11.3 Å². The molecule has 0 bridgehead atoms. The van der Waals surface area contributed by atoms with Crippen molar-refractivity contribution in [3.8, 4) is 0 Å². The molecule has 0 amide bonds. The van der Waals surface area contributed by atoms with Crippen LogP contribution in [-0.2, 0) is 9.53 Å². The fourth-order valence-electron chi connectivity index (χ4n) is 1.87. The molecule has 1 aliphatic carbocycles. The Morgan fingerprint density at radius 3 is 2.82 bits per heavy atom. The zero-order valence-electron chi connectivity index (χ0n) is 10.4. The molecule has 0 aromatic carbocycles. The van der Waals surface area contributed by atoms with Gasteiger partial charge in [0.15, 0.2) is 0 Å². The predicted molar refractivity (Wildman–Crippen MR) is 66.9 cm³/mol. The summed E-state index contributed by atoms with van der Waals surface area (Å²) in [6.45, 7) is 4.07. The van der Waals surface area contributed by atoms with Gasteiger partial charge in [0.1, 0.15) is 11.0 Å². The first-order valence-electron chi connectivity index (χ1n) is 5.88. The van der Waals surface area contributed by atoms with Gasteiger partial charge < -0.3 is 4.74 Å². The number of hydrogen-bond acceptors (Lipinski definition) is 5. The summed E-state index contributed by atoms with van der Waals surface area (Å²) in [6, 6.07) is -0.0855. The number of carbonyl (C=O) groups is 1. The van der Waals surface area contributed by atoms with E-state index in [0.29, 0.717) is 5.92 Å². The molecule has 2 unspecified atom stereocenters. The van der Waals surface area contributed by atoms with Gasteiger partial charge in [-0.1, -0.05) is 0 Å². The normalized spacial score (nSPS) is 18.8. The van der Waals surface area contributed by atoms with Crippen LogP contribution in [0.3, 0.4) is 0 Å². The molecule has 2 atom stereocenters. The van der Waals surface area contributed by atoms with Gasteiger partial charge in [0.2, 0.25) is 0 Å². The van der Waals surface area contributed by atoms with E-state index in [-0.39, 0.29) is 18.1 Å². The zero-order valence-corrected chi connectivity index (χ0v) is 11.2. The molecule has 1 N–H and O–H groups in total. The number of esters is 1. The molecular weight excluding hydrogens is 236 g/mol. The minimum absolute atomic E-state index is 0.0957. The molecule has 2 rings (SSSR count). The van der Waals surface area contributed by atoms with Crippen molar-refractivity contribution in [2.45, 2.75) is 38.8 Å². The number of carbonyl (C=O) groups excluding carboxylic acids is 1. The molecular formula is C12H18N2O2S. The summed E-state index contributed by atoms with van der Waals surface area (Å²) in [5, 5.41) is 4.36. The Hall–Kier alpha value is -0.940. The molecule has 1 aromatic heterocycles. The molecule has 0 spiro atoms. The van der Waals surface area contributed by atoms with E-state index >= 15 is 0 Å². The maximum absolute atomic E-state index is 11.7. The largest absolute Gasteiger partial charge is 0.468 e. The second-order valence-electron chi connectivity index (χ2n) is 4.54. The highest BCUT2D eigenvalue weighted by molar-refractivity contribution is 7.11. The molecule has 1 aliphatic rings. The average molecular weight is 254 g/mol. The van der Waals surface area contributed by atoms with Crippen molar-refractivity contribution in [2.24, 2.45) is 5.92 Å². The van der Waals surface area contributed by atoms with E-state index in [1.807, 2.05) is 20.0 Å². The molecule has 5 heteroatoms. The standard InChI is InChI=1S/C12H18N2O2S/c1-7-6-13-11(17-7)8(2)14-10(9-4-5-9)12(15)16-3/h6,8-10,14H,4-5H2,1-3H3. The first-order valence-corrected chi connectivity index (χ1v) is 6.69. The highest BCUT2D eigenvalue weighted by atomic mass is 32.1. The molecule has 0 radical (unpaired) electrons. The van der Waals surface area contributed by atoms with Crippen molar-refractivity contribution in [2.75, 3.05) is 7.11 Å². The Kier molecular flexibility index (Phi) is 3.79. The summed E-state index contributed by atoms with van der Waals surface area (Å²) < 4.78 is 4.84. The fraction of sp³-hybridized carbons (Fsp3) is 0.667. The van der Waals surface area contributed by atoms with Crippen LogP contribution in [0.15, 0.2) is 6.20 Å². The van der Waals surface area contributed by atoms with Gasteiger partial charge in [0.25, 0.3) is 0 Å². The predicted octanol–water partition coefficient (Wildman–Crippen LogP) is 2.05. The highest BCUT2D eigenvalue weighted by Crippen LogP contribution is 2.34. The first-order chi connectivity index (χ1) is 8.11. The van der Waals surface area contributed by atoms with Crippen LogP contribution in [-0.4, -0.2) is 24.1 Å². The number of thiazole rings is 1. The zero-order chi connectivity index (χ0) is 12.4. The van der Waals surface area contributed by atoms with Gasteiger partial charge in [-0.2, -0.15) is 0 Å². The number of nitrogens with one attached hydrogen (secondary N) is 1. The van der Waals surface area contributed by atoms with Crippen LogP contribution in [0.1, 0.15) is 35.7 Å². The topological polar surface area (TPSA) is 51.2 Å². The molecule has 94 valence electrons. The van der Waals surface area contributed by atoms with E-state index in [9.17, 15) is 4.79 Å². The molecule has 17 heavy (non-hydrogen) atoms. The minimum Gasteiger partial charge on any atom is -0.468 e. The monoisotopic (exact) mass is 254 g/mol. The van der Waals surface area contributed by atoms with Crippen LogP contribution in [0.25, 0.3) is 0 Å². The van der Waals surface area contributed by atoms with Gasteiger partial charge in [0, 0.05) is 11.1 Å². The summed E-state index contributed by atoms with van der Waals surface area (Å²) >= 11 is 1.66. The maximum Gasteiger partial charge on any atom is 0.323 e. The summed E-state index contributed by atoms with van der Waals surface area (Å²) in [5.74, 6) is 0.276. The summed E-state index contributed by atoms with van der Waals surface area (Å²) in [7, 11) is 1.44.